The lowest BCUT2D eigenvalue weighted by molar-refractivity contribution is -0.321. The van der Waals surface area contributed by atoms with Crippen molar-refractivity contribution >= 4 is 0 Å². The van der Waals surface area contributed by atoms with Gasteiger partial charge in [0.1, 0.15) is 24.4 Å². The van der Waals surface area contributed by atoms with Gasteiger partial charge >= 0.3 is 0 Å². The highest BCUT2D eigenvalue weighted by atomic mass is 16.7. The third-order valence-electron chi connectivity index (χ3n) is 5.86. The summed E-state index contributed by atoms with van der Waals surface area (Å²) in [6.45, 7) is 0.876. The molecule has 0 aromatic heterocycles. The number of methoxy groups -OCH3 is 1. The zero-order valence-electron chi connectivity index (χ0n) is 19.4. The maximum absolute atomic E-state index is 10.1. The summed E-state index contributed by atoms with van der Waals surface area (Å²) in [4.78, 5) is 0. The molecule has 180 valence electrons. The molecule has 6 nitrogen and oxygen atoms in total. The SMILES string of the molecule is CO[C@H]1OC(CO)[C@H](OCc2ccccc2)C(OCc2ccccc2)C1OCc1ccccc1. The van der Waals surface area contributed by atoms with E-state index in [1.807, 2.05) is 91.0 Å². The van der Waals surface area contributed by atoms with Crippen LogP contribution in [0.25, 0.3) is 0 Å². The van der Waals surface area contributed by atoms with Crippen molar-refractivity contribution in [3.05, 3.63) is 108 Å². The van der Waals surface area contributed by atoms with Crippen LogP contribution >= 0.6 is 0 Å². The fraction of sp³-hybridized carbons (Fsp3) is 0.357. The first-order valence-corrected chi connectivity index (χ1v) is 11.5. The average Bonchev–Trinajstić information content (AvgIpc) is 2.91. The van der Waals surface area contributed by atoms with Gasteiger partial charge in [-0.25, -0.2) is 0 Å². The summed E-state index contributed by atoms with van der Waals surface area (Å²) < 4.78 is 30.7. The Morgan fingerprint density at radius 2 is 1.03 bits per heavy atom. The Hall–Kier alpha value is -2.58. The van der Waals surface area contributed by atoms with Crippen LogP contribution < -0.4 is 0 Å². The molecular weight excluding hydrogens is 432 g/mol. The predicted octanol–water partition coefficient (Wildman–Crippen LogP) is 4.11. The fourth-order valence-electron chi connectivity index (χ4n) is 4.08. The molecule has 6 heteroatoms. The molecule has 3 unspecified atom stereocenters. The highest BCUT2D eigenvalue weighted by Crippen LogP contribution is 2.30. The molecule has 34 heavy (non-hydrogen) atoms. The summed E-state index contributed by atoms with van der Waals surface area (Å²) in [6.07, 6.45) is -2.97. The molecule has 1 aliphatic rings. The van der Waals surface area contributed by atoms with Crippen LogP contribution in [-0.4, -0.2) is 49.5 Å². The molecule has 0 amide bonds. The number of aliphatic hydroxyl groups is 1. The van der Waals surface area contributed by atoms with E-state index in [9.17, 15) is 5.11 Å². The van der Waals surface area contributed by atoms with E-state index in [0.29, 0.717) is 19.8 Å². The molecule has 4 rings (SSSR count). The Balaban J connectivity index is 1.56. The van der Waals surface area contributed by atoms with Gasteiger partial charge in [0.25, 0.3) is 0 Å². The van der Waals surface area contributed by atoms with Gasteiger partial charge in [-0.3, -0.25) is 0 Å². The summed E-state index contributed by atoms with van der Waals surface area (Å²) in [5.41, 5.74) is 3.09. The largest absolute Gasteiger partial charge is 0.394 e. The highest BCUT2D eigenvalue weighted by Gasteiger charge is 2.48. The van der Waals surface area contributed by atoms with Gasteiger partial charge in [0.15, 0.2) is 6.29 Å². The van der Waals surface area contributed by atoms with Gasteiger partial charge < -0.3 is 28.8 Å². The van der Waals surface area contributed by atoms with E-state index in [2.05, 4.69) is 0 Å². The molecule has 0 spiro atoms. The zero-order chi connectivity index (χ0) is 23.6. The average molecular weight is 465 g/mol. The summed E-state index contributed by atoms with van der Waals surface area (Å²) in [6, 6.07) is 29.8. The topological polar surface area (TPSA) is 66.4 Å². The van der Waals surface area contributed by atoms with Crippen molar-refractivity contribution in [3.63, 3.8) is 0 Å². The van der Waals surface area contributed by atoms with Crippen LogP contribution in [0.2, 0.25) is 0 Å². The van der Waals surface area contributed by atoms with E-state index in [-0.39, 0.29) is 6.61 Å². The van der Waals surface area contributed by atoms with Crippen LogP contribution in [-0.2, 0) is 43.5 Å². The second-order valence-corrected chi connectivity index (χ2v) is 8.24. The van der Waals surface area contributed by atoms with E-state index in [1.165, 1.54) is 0 Å². The van der Waals surface area contributed by atoms with Crippen LogP contribution in [0, 0.1) is 0 Å². The first-order chi connectivity index (χ1) is 16.8. The van der Waals surface area contributed by atoms with E-state index in [1.54, 1.807) is 7.11 Å². The molecular formula is C28H32O6. The van der Waals surface area contributed by atoms with Gasteiger partial charge in [-0.1, -0.05) is 91.0 Å². The molecule has 0 bridgehead atoms. The Morgan fingerprint density at radius 1 is 0.618 bits per heavy atom. The molecule has 1 fully saturated rings. The summed E-state index contributed by atoms with van der Waals surface area (Å²) in [5, 5.41) is 10.1. The van der Waals surface area contributed by atoms with Crippen molar-refractivity contribution in [3.8, 4) is 0 Å². The minimum Gasteiger partial charge on any atom is -0.394 e. The maximum Gasteiger partial charge on any atom is 0.186 e. The Bertz CT molecular complexity index is 895. The van der Waals surface area contributed by atoms with Gasteiger partial charge in [-0.05, 0) is 16.7 Å². The summed E-state index contributed by atoms with van der Waals surface area (Å²) in [5.74, 6) is 0. The monoisotopic (exact) mass is 464 g/mol. The Labute approximate surface area is 201 Å². The van der Waals surface area contributed by atoms with Crippen molar-refractivity contribution in [2.45, 2.75) is 50.5 Å². The normalized spacial score (nSPS) is 24.7. The zero-order valence-corrected chi connectivity index (χ0v) is 19.4. The van der Waals surface area contributed by atoms with Crippen molar-refractivity contribution in [1.82, 2.24) is 0 Å². The Morgan fingerprint density at radius 3 is 1.44 bits per heavy atom. The number of ether oxygens (including phenoxy) is 5. The molecule has 3 aromatic rings. The lowest BCUT2D eigenvalue weighted by Gasteiger charge is -2.45. The molecule has 0 aliphatic carbocycles. The minimum absolute atomic E-state index is 0.226. The quantitative estimate of drug-likeness (QED) is 0.461. The van der Waals surface area contributed by atoms with Crippen LogP contribution in [0.5, 0.6) is 0 Å². The molecule has 1 heterocycles. The lowest BCUT2D eigenvalue weighted by atomic mass is 9.98. The molecule has 1 aliphatic heterocycles. The molecule has 1 N–H and O–H groups in total. The summed E-state index contributed by atoms with van der Waals surface area (Å²) >= 11 is 0. The van der Waals surface area contributed by atoms with Crippen molar-refractivity contribution in [1.29, 1.82) is 0 Å². The van der Waals surface area contributed by atoms with E-state index >= 15 is 0 Å². The van der Waals surface area contributed by atoms with Crippen LogP contribution in [0.1, 0.15) is 16.7 Å². The molecule has 5 atom stereocenters. The predicted molar refractivity (Wildman–Crippen MR) is 128 cm³/mol. The number of benzene rings is 3. The first-order valence-electron chi connectivity index (χ1n) is 11.5. The highest BCUT2D eigenvalue weighted by molar-refractivity contribution is 5.15. The van der Waals surface area contributed by atoms with E-state index in [0.717, 1.165) is 16.7 Å². The Kier molecular flexibility index (Phi) is 9.21. The van der Waals surface area contributed by atoms with Gasteiger partial charge in [-0.15, -0.1) is 0 Å². The maximum atomic E-state index is 10.1. The van der Waals surface area contributed by atoms with Crippen LogP contribution in [0.15, 0.2) is 91.0 Å². The third-order valence-corrected chi connectivity index (χ3v) is 5.86. The second-order valence-electron chi connectivity index (χ2n) is 8.24. The molecule has 0 saturated carbocycles. The van der Waals surface area contributed by atoms with Gasteiger partial charge in [-0.2, -0.15) is 0 Å². The number of hydrogen-bond donors (Lipinski definition) is 1. The van der Waals surface area contributed by atoms with E-state index < -0.39 is 30.7 Å². The fourth-order valence-corrected chi connectivity index (χ4v) is 4.08. The van der Waals surface area contributed by atoms with Crippen molar-refractivity contribution < 1.29 is 28.8 Å². The van der Waals surface area contributed by atoms with Crippen molar-refractivity contribution in [2.24, 2.45) is 0 Å². The molecule has 3 aromatic carbocycles. The minimum atomic E-state index is -0.710. The summed E-state index contributed by atoms with van der Waals surface area (Å²) in [7, 11) is 1.57. The number of rotatable bonds is 11. The van der Waals surface area contributed by atoms with Crippen molar-refractivity contribution in [2.75, 3.05) is 13.7 Å². The van der Waals surface area contributed by atoms with Gasteiger partial charge in [0.2, 0.25) is 0 Å². The molecule has 1 saturated heterocycles. The standard InChI is InChI=1S/C28H32O6/c1-30-28-27(33-20-23-15-9-4-10-16-23)26(32-19-22-13-7-3-8-14-22)25(24(17-29)34-28)31-18-21-11-5-2-6-12-21/h2-16,24-29H,17-20H2,1H3/t24?,25-,26?,27?,28-/m0/s1. The number of aliphatic hydroxyl groups excluding tert-OH is 1. The first kappa shape index (κ1) is 24.5. The molecule has 0 radical (unpaired) electrons. The second kappa shape index (κ2) is 12.8. The van der Waals surface area contributed by atoms with Crippen LogP contribution in [0.3, 0.4) is 0 Å². The lowest BCUT2D eigenvalue weighted by Crippen LogP contribution is -2.61. The van der Waals surface area contributed by atoms with Crippen LogP contribution in [0.4, 0.5) is 0 Å². The van der Waals surface area contributed by atoms with Gasteiger partial charge in [0.05, 0.1) is 26.4 Å². The smallest absolute Gasteiger partial charge is 0.186 e. The van der Waals surface area contributed by atoms with Gasteiger partial charge in [0, 0.05) is 7.11 Å². The number of hydrogen-bond acceptors (Lipinski definition) is 6. The van der Waals surface area contributed by atoms with E-state index in [4.69, 9.17) is 23.7 Å². The third kappa shape index (κ3) is 6.51.